The van der Waals surface area contributed by atoms with Crippen molar-refractivity contribution in [1.29, 1.82) is 0 Å². The van der Waals surface area contributed by atoms with Crippen LogP contribution in [0.3, 0.4) is 0 Å². The molecule has 0 aromatic heterocycles. The molecule has 1 atom stereocenters. The summed E-state index contributed by atoms with van der Waals surface area (Å²) in [5, 5.41) is 0. The van der Waals surface area contributed by atoms with E-state index in [0.29, 0.717) is 12.0 Å². The third kappa shape index (κ3) is 2.96. The third-order valence-corrected chi connectivity index (χ3v) is 4.05. The highest BCUT2D eigenvalue weighted by atomic mass is 16.5. The summed E-state index contributed by atoms with van der Waals surface area (Å²) in [7, 11) is 1.70. The maximum atomic E-state index is 6.13. The van der Waals surface area contributed by atoms with E-state index in [9.17, 15) is 0 Å². The summed E-state index contributed by atoms with van der Waals surface area (Å²) in [4.78, 5) is 2.44. The molecule has 1 aliphatic rings. The number of piperidine rings is 1. The van der Waals surface area contributed by atoms with Gasteiger partial charge >= 0.3 is 0 Å². The van der Waals surface area contributed by atoms with E-state index < -0.39 is 0 Å². The van der Waals surface area contributed by atoms with Crippen molar-refractivity contribution in [1.82, 2.24) is 0 Å². The van der Waals surface area contributed by atoms with E-state index in [0.717, 1.165) is 25.3 Å². The number of anilines is 1. The van der Waals surface area contributed by atoms with Crippen molar-refractivity contribution in [3.63, 3.8) is 0 Å². The Balaban J connectivity index is 1.92. The van der Waals surface area contributed by atoms with Gasteiger partial charge in [0.15, 0.2) is 0 Å². The molecule has 0 amide bonds. The average Bonchev–Trinajstić information content (AvgIpc) is 2.47. The van der Waals surface area contributed by atoms with Gasteiger partial charge in [-0.15, -0.1) is 0 Å². The minimum atomic E-state index is 0.378. The fourth-order valence-corrected chi connectivity index (χ4v) is 2.71. The van der Waals surface area contributed by atoms with Crippen molar-refractivity contribution in [3.8, 4) is 5.75 Å². The summed E-state index contributed by atoms with van der Waals surface area (Å²) in [5.74, 6) is 1.62. The van der Waals surface area contributed by atoms with Crippen LogP contribution in [-0.2, 0) is 0 Å². The number of hydrogen-bond donors (Lipinski definition) is 1. The monoisotopic (exact) mass is 248 g/mol. The van der Waals surface area contributed by atoms with Crippen LogP contribution in [0.25, 0.3) is 0 Å². The summed E-state index contributed by atoms with van der Waals surface area (Å²) < 4.78 is 5.18. The predicted octanol–water partition coefficient (Wildman–Crippen LogP) is 2.65. The van der Waals surface area contributed by atoms with Crippen LogP contribution in [-0.4, -0.2) is 26.2 Å². The molecule has 0 aliphatic carbocycles. The zero-order valence-corrected chi connectivity index (χ0v) is 11.4. The van der Waals surface area contributed by atoms with Crippen LogP contribution >= 0.6 is 0 Å². The zero-order valence-electron chi connectivity index (χ0n) is 11.4. The van der Waals surface area contributed by atoms with Gasteiger partial charge < -0.3 is 15.4 Å². The lowest BCUT2D eigenvalue weighted by Gasteiger charge is -2.36. The Hall–Kier alpha value is -1.22. The van der Waals surface area contributed by atoms with Crippen LogP contribution in [0.1, 0.15) is 26.2 Å². The Morgan fingerprint density at radius 3 is 2.39 bits per heavy atom. The van der Waals surface area contributed by atoms with Crippen molar-refractivity contribution < 1.29 is 4.74 Å². The number of methoxy groups -OCH3 is 1. The third-order valence-electron chi connectivity index (χ3n) is 4.05. The van der Waals surface area contributed by atoms with Crippen molar-refractivity contribution >= 4 is 5.69 Å². The lowest BCUT2D eigenvalue weighted by atomic mass is 9.88. The highest BCUT2D eigenvalue weighted by Gasteiger charge is 2.23. The molecule has 3 nitrogen and oxygen atoms in total. The predicted molar refractivity (Wildman–Crippen MR) is 76.2 cm³/mol. The Morgan fingerprint density at radius 1 is 1.28 bits per heavy atom. The maximum Gasteiger partial charge on any atom is 0.119 e. The van der Waals surface area contributed by atoms with Gasteiger partial charge in [-0.2, -0.15) is 0 Å². The van der Waals surface area contributed by atoms with Gasteiger partial charge in [0.25, 0.3) is 0 Å². The lowest BCUT2D eigenvalue weighted by molar-refractivity contribution is 0.334. The molecule has 1 heterocycles. The molecular formula is C15H24N2O. The smallest absolute Gasteiger partial charge is 0.119 e. The van der Waals surface area contributed by atoms with Crippen LogP contribution < -0.4 is 15.4 Å². The lowest BCUT2D eigenvalue weighted by Crippen LogP contribution is -2.40. The molecule has 1 aromatic rings. The summed E-state index contributed by atoms with van der Waals surface area (Å²) >= 11 is 0. The molecule has 1 saturated heterocycles. The molecule has 1 unspecified atom stereocenters. The van der Waals surface area contributed by atoms with E-state index in [1.54, 1.807) is 7.11 Å². The standard InChI is InChI=1S/C15H24N2O/c1-3-15(16)12-8-10-17(11-9-12)13-4-6-14(18-2)7-5-13/h4-7,12,15H,3,8-11,16H2,1-2H3. The zero-order chi connectivity index (χ0) is 13.0. The molecule has 1 aromatic carbocycles. The SMILES string of the molecule is CCC(N)C1CCN(c2ccc(OC)cc2)CC1. The Kier molecular flexibility index (Phi) is 4.48. The van der Waals surface area contributed by atoms with Gasteiger partial charge in [0.2, 0.25) is 0 Å². The quantitative estimate of drug-likeness (QED) is 0.890. The van der Waals surface area contributed by atoms with Gasteiger partial charge in [-0.25, -0.2) is 0 Å². The first-order valence-corrected chi connectivity index (χ1v) is 6.89. The van der Waals surface area contributed by atoms with Crippen LogP contribution in [0.2, 0.25) is 0 Å². The van der Waals surface area contributed by atoms with E-state index in [2.05, 4.69) is 24.0 Å². The number of rotatable bonds is 4. The van der Waals surface area contributed by atoms with Crippen molar-refractivity contribution in [2.75, 3.05) is 25.1 Å². The molecule has 3 heteroatoms. The summed E-state index contributed by atoms with van der Waals surface area (Å²) in [6, 6.07) is 8.71. The van der Waals surface area contributed by atoms with Crippen LogP contribution in [0.5, 0.6) is 5.75 Å². The van der Waals surface area contributed by atoms with Gasteiger partial charge in [0.1, 0.15) is 5.75 Å². The minimum absolute atomic E-state index is 0.378. The molecule has 1 fully saturated rings. The first-order valence-electron chi connectivity index (χ1n) is 6.89. The topological polar surface area (TPSA) is 38.5 Å². The molecule has 18 heavy (non-hydrogen) atoms. The van der Waals surface area contributed by atoms with Gasteiger partial charge in [-0.3, -0.25) is 0 Å². The van der Waals surface area contributed by atoms with E-state index in [4.69, 9.17) is 10.5 Å². The maximum absolute atomic E-state index is 6.13. The van der Waals surface area contributed by atoms with E-state index in [1.165, 1.54) is 18.5 Å². The summed E-state index contributed by atoms with van der Waals surface area (Å²) in [5.41, 5.74) is 7.43. The number of hydrogen-bond acceptors (Lipinski definition) is 3. The number of benzene rings is 1. The molecule has 0 saturated carbocycles. The molecule has 100 valence electrons. The molecule has 2 N–H and O–H groups in total. The largest absolute Gasteiger partial charge is 0.497 e. The Bertz CT molecular complexity index is 355. The number of nitrogens with zero attached hydrogens (tertiary/aromatic N) is 1. The summed E-state index contributed by atoms with van der Waals surface area (Å²) in [6.07, 6.45) is 3.51. The second kappa shape index (κ2) is 6.10. The first kappa shape index (κ1) is 13.2. The Morgan fingerprint density at radius 2 is 1.89 bits per heavy atom. The fourth-order valence-electron chi connectivity index (χ4n) is 2.71. The molecule has 2 rings (SSSR count). The number of ether oxygens (including phenoxy) is 1. The average molecular weight is 248 g/mol. The highest BCUT2D eigenvalue weighted by molar-refractivity contribution is 5.49. The van der Waals surface area contributed by atoms with Crippen LogP contribution in [0.15, 0.2) is 24.3 Å². The molecule has 0 bridgehead atoms. The van der Waals surface area contributed by atoms with Crippen molar-refractivity contribution in [3.05, 3.63) is 24.3 Å². The van der Waals surface area contributed by atoms with Crippen molar-refractivity contribution in [2.45, 2.75) is 32.2 Å². The normalized spacial score (nSPS) is 18.7. The van der Waals surface area contributed by atoms with E-state index >= 15 is 0 Å². The van der Waals surface area contributed by atoms with Gasteiger partial charge in [0.05, 0.1) is 7.11 Å². The molecular weight excluding hydrogens is 224 g/mol. The molecule has 0 radical (unpaired) electrons. The first-order chi connectivity index (χ1) is 8.74. The van der Waals surface area contributed by atoms with Crippen molar-refractivity contribution in [2.24, 2.45) is 11.7 Å². The second-order valence-electron chi connectivity index (χ2n) is 5.09. The van der Waals surface area contributed by atoms with Crippen LogP contribution in [0.4, 0.5) is 5.69 Å². The highest BCUT2D eigenvalue weighted by Crippen LogP contribution is 2.26. The summed E-state index contributed by atoms with van der Waals surface area (Å²) in [6.45, 7) is 4.41. The van der Waals surface area contributed by atoms with E-state index in [-0.39, 0.29) is 0 Å². The fraction of sp³-hybridized carbons (Fsp3) is 0.600. The minimum Gasteiger partial charge on any atom is -0.497 e. The van der Waals surface area contributed by atoms with Crippen LogP contribution in [0, 0.1) is 5.92 Å². The van der Waals surface area contributed by atoms with Gasteiger partial charge in [-0.05, 0) is 49.4 Å². The van der Waals surface area contributed by atoms with Gasteiger partial charge in [-0.1, -0.05) is 6.92 Å². The molecule has 1 aliphatic heterocycles. The Labute approximate surface area is 110 Å². The van der Waals surface area contributed by atoms with E-state index in [1.807, 2.05) is 12.1 Å². The number of nitrogens with two attached hydrogens (primary N) is 1. The van der Waals surface area contributed by atoms with Gasteiger partial charge in [0, 0.05) is 24.8 Å². The second-order valence-corrected chi connectivity index (χ2v) is 5.09. The molecule has 0 spiro atoms.